The summed E-state index contributed by atoms with van der Waals surface area (Å²) in [6, 6.07) is 0. The van der Waals surface area contributed by atoms with Crippen molar-refractivity contribution < 1.29 is 15.0 Å². The van der Waals surface area contributed by atoms with E-state index in [1.807, 2.05) is 6.92 Å². The van der Waals surface area contributed by atoms with Crippen molar-refractivity contribution in [2.75, 3.05) is 20.2 Å². The summed E-state index contributed by atoms with van der Waals surface area (Å²) in [4.78, 5) is 10.6. The van der Waals surface area contributed by atoms with Crippen LogP contribution in [-0.4, -0.2) is 52.0 Å². The Kier molecular flexibility index (Phi) is 9.28. The van der Waals surface area contributed by atoms with Crippen LogP contribution < -0.4 is 0 Å². The van der Waals surface area contributed by atoms with Crippen LogP contribution in [0.15, 0.2) is 0 Å². The minimum Gasteiger partial charge on any atom is -0.483 e. The maximum absolute atomic E-state index is 9.54. The number of aromatic nitrogens is 2. The summed E-state index contributed by atoms with van der Waals surface area (Å²) in [5, 5.41) is 26.6. The molecular formula is C13H25N3O3S. The summed E-state index contributed by atoms with van der Waals surface area (Å²) in [5.41, 5.74) is 0.0223. The second-order valence-electron chi connectivity index (χ2n) is 4.86. The highest BCUT2D eigenvalue weighted by Crippen LogP contribution is 2.27. The lowest BCUT2D eigenvalue weighted by Crippen LogP contribution is -2.37. The number of aliphatic hydroxyl groups excluding tert-OH is 1. The van der Waals surface area contributed by atoms with Gasteiger partial charge in [0.1, 0.15) is 10.0 Å². The molecule has 20 heavy (non-hydrogen) atoms. The van der Waals surface area contributed by atoms with Gasteiger partial charge in [-0.2, -0.15) is 0 Å². The average Bonchev–Trinajstić information content (AvgIpc) is 2.82. The van der Waals surface area contributed by atoms with Gasteiger partial charge >= 0.3 is 0 Å². The molecule has 0 spiro atoms. The molecule has 0 saturated heterocycles. The van der Waals surface area contributed by atoms with E-state index in [-0.39, 0.29) is 18.5 Å². The third-order valence-corrected chi connectivity index (χ3v) is 4.24. The molecule has 0 atom stereocenters. The number of hydrogen-bond acceptors (Lipinski definition) is 6. The second-order valence-corrected chi connectivity index (χ2v) is 6.12. The Bertz CT molecular complexity index is 372. The molecule has 0 fully saturated rings. The van der Waals surface area contributed by atoms with Gasteiger partial charge in [0.15, 0.2) is 0 Å². The SMILES string of the molecule is CCC(CC)(CO)CN(C)Cc1nnc(C)s1.O=CO. The van der Waals surface area contributed by atoms with Gasteiger partial charge in [-0.05, 0) is 26.8 Å². The Labute approximate surface area is 124 Å². The smallest absolute Gasteiger partial charge is 0.290 e. The number of aliphatic hydroxyl groups is 1. The predicted octanol–water partition coefficient (Wildman–Crippen LogP) is 1.78. The van der Waals surface area contributed by atoms with Crippen molar-refractivity contribution in [2.45, 2.75) is 40.2 Å². The number of rotatable bonds is 7. The molecule has 1 aromatic rings. The van der Waals surface area contributed by atoms with E-state index in [4.69, 9.17) is 9.90 Å². The van der Waals surface area contributed by atoms with Gasteiger partial charge in [0, 0.05) is 18.6 Å². The molecule has 0 radical (unpaired) electrons. The highest BCUT2D eigenvalue weighted by Gasteiger charge is 2.27. The molecule has 0 aliphatic rings. The molecule has 0 aliphatic heterocycles. The van der Waals surface area contributed by atoms with E-state index in [2.05, 4.69) is 36.0 Å². The number of aryl methyl sites for hydroxylation is 1. The molecule has 0 aromatic carbocycles. The van der Waals surface area contributed by atoms with Crippen LogP contribution in [0.5, 0.6) is 0 Å². The van der Waals surface area contributed by atoms with Crippen LogP contribution in [0, 0.1) is 12.3 Å². The zero-order chi connectivity index (χ0) is 15.6. The summed E-state index contributed by atoms with van der Waals surface area (Å²) >= 11 is 1.64. The first-order valence-corrected chi connectivity index (χ1v) is 7.44. The maximum atomic E-state index is 9.54. The first-order chi connectivity index (χ1) is 9.46. The third-order valence-electron chi connectivity index (χ3n) is 3.41. The molecule has 116 valence electrons. The van der Waals surface area contributed by atoms with Crippen molar-refractivity contribution in [1.82, 2.24) is 15.1 Å². The van der Waals surface area contributed by atoms with E-state index < -0.39 is 0 Å². The second kappa shape index (κ2) is 9.79. The molecule has 1 heterocycles. The van der Waals surface area contributed by atoms with Crippen molar-refractivity contribution in [1.29, 1.82) is 0 Å². The molecule has 6 nitrogen and oxygen atoms in total. The molecular weight excluding hydrogens is 278 g/mol. The van der Waals surface area contributed by atoms with Crippen molar-refractivity contribution in [3.63, 3.8) is 0 Å². The first kappa shape index (κ1) is 18.9. The fourth-order valence-corrected chi connectivity index (χ4v) is 2.80. The summed E-state index contributed by atoms with van der Waals surface area (Å²) in [6.45, 7) is 7.96. The molecule has 2 N–H and O–H groups in total. The molecule has 7 heteroatoms. The maximum Gasteiger partial charge on any atom is 0.290 e. The van der Waals surface area contributed by atoms with Crippen LogP contribution in [0.1, 0.15) is 36.7 Å². The average molecular weight is 303 g/mol. The van der Waals surface area contributed by atoms with Crippen LogP contribution in [0.4, 0.5) is 0 Å². The van der Waals surface area contributed by atoms with Crippen molar-refractivity contribution in [2.24, 2.45) is 5.41 Å². The van der Waals surface area contributed by atoms with Crippen LogP contribution in [0.25, 0.3) is 0 Å². The van der Waals surface area contributed by atoms with Gasteiger partial charge in [0.2, 0.25) is 0 Å². The lowest BCUT2D eigenvalue weighted by atomic mass is 9.83. The van der Waals surface area contributed by atoms with E-state index in [0.717, 1.165) is 35.9 Å². The largest absolute Gasteiger partial charge is 0.483 e. The molecule has 0 aliphatic carbocycles. The minimum absolute atomic E-state index is 0.0223. The van der Waals surface area contributed by atoms with Gasteiger partial charge in [-0.15, -0.1) is 21.5 Å². The number of carboxylic acid groups (broad SMARTS) is 1. The Hall–Kier alpha value is -1.05. The summed E-state index contributed by atoms with van der Waals surface area (Å²) in [7, 11) is 2.08. The van der Waals surface area contributed by atoms with Gasteiger partial charge in [0.25, 0.3) is 6.47 Å². The minimum atomic E-state index is -0.250. The molecule has 0 bridgehead atoms. The third kappa shape index (κ3) is 6.40. The van der Waals surface area contributed by atoms with Gasteiger partial charge in [-0.25, -0.2) is 0 Å². The molecule has 1 aromatic heterocycles. The zero-order valence-electron chi connectivity index (χ0n) is 12.7. The number of nitrogens with zero attached hydrogens (tertiary/aromatic N) is 3. The van der Waals surface area contributed by atoms with Crippen molar-refractivity contribution in [3.05, 3.63) is 10.0 Å². The van der Waals surface area contributed by atoms with E-state index >= 15 is 0 Å². The van der Waals surface area contributed by atoms with Gasteiger partial charge in [-0.1, -0.05) is 13.8 Å². The fourth-order valence-electron chi connectivity index (χ4n) is 2.01. The van der Waals surface area contributed by atoms with Crippen LogP contribution in [0.2, 0.25) is 0 Å². The van der Waals surface area contributed by atoms with Crippen LogP contribution in [-0.2, 0) is 11.3 Å². The Morgan fingerprint density at radius 2 is 1.90 bits per heavy atom. The highest BCUT2D eigenvalue weighted by molar-refractivity contribution is 7.11. The van der Waals surface area contributed by atoms with E-state index in [1.165, 1.54) is 0 Å². The quantitative estimate of drug-likeness (QED) is 0.747. The standard InChI is InChI=1S/C12H23N3OS.CH2O2/c1-5-12(6-2,9-16)8-15(4)7-11-14-13-10(3)17-11;2-1-3/h16H,5-9H2,1-4H3;1H,(H,2,3). The topological polar surface area (TPSA) is 86.5 Å². The summed E-state index contributed by atoms with van der Waals surface area (Å²) in [5.74, 6) is 0. The van der Waals surface area contributed by atoms with Crippen molar-refractivity contribution >= 4 is 17.8 Å². The predicted molar refractivity (Wildman–Crippen MR) is 79.8 cm³/mol. The number of hydrogen-bond donors (Lipinski definition) is 2. The first-order valence-electron chi connectivity index (χ1n) is 6.63. The van der Waals surface area contributed by atoms with E-state index in [9.17, 15) is 5.11 Å². The molecule has 0 amide bonds. The monoisotopic (exact) mass is 303 g/mol. The Morgan fingerprint density at radius 3 is 2.25 bits per heavy atom. The lowest BCUT2D eigenvalue weighted by molar-refractivity contribution is -0.122. The Balaban J connectivity index is 0.00000110. The number of carbonyl (C=O) groups is 1. The van der Waals surface area contributed by atoms with E-state index in [0.29, 0.717) is 0 Å². The van der Waals surface area contributed by atoms with Crippen molar-refractivity contribution in [3.8, 4) is 0 Å². The van der Waals surface area contributed by atoms with E-state index in [1.54, 1.807) is 11.3 Å². The highest BCUT2D eigenvalue weighted by atomic mass is 32.1. The van der Waals surface area contributed by atoms with Gasteiger partial charge in [-0.3, -0.25) is 9.69 Å². The van der Waals surface area contributed by atoms with Crippen LogP contribution in [0.3, 0.4) is 0 Å². The van der Waals surface area contributed by atoms with Crippen LogP contribution >= 0.6 is 11.3 Å². The zero-order valence-corrected chi connectivity index (χ0v) is 13.5. The van der Waals surface area contributed by atoms with Gasteiger partial charge in [0.05, 0.1) is 6.54 Å². The summed E-state index contributed by atoms with van der Waals surface area (Å²) < 4.78 is 0. The normalized spacial score (nSPS) is 11.1. The Morgan fingerprint density at radius 1 is 1.35 bits per heavy atom. The fraction of sp³-hybridized carbons (Fsp3) is 0.769. The molecule has 0 saturated carbocycles. The summed E-state index contributed by atoms with van der Waals surface area (Å²) in [6.07, 6.45) is 2.00. The van der Waals surface area contributed by atoms with Gasteiger partial charge < -0.3 is 10.2 Å². The molecule has 1 rings (SSSR count). The molecule has 0 unspecified atom stereocenters. The lowest BCUT2D eigenvalue weighted by Gasteiger charge is -2.33.